The zero-order valence-electron chi connectivity index (χ0n) is 6.45. The molecule has 0 N–H and O–H groups in total. The summed E-state index contributed by atoms with van der Waals surface area (Å²) in [6.07, 6.45) is -0.760. The Morgan fingerprint density at radius 2 is 2.30 bits per heavy atom. The average Bonchev–Trinajstić information content (AvgIpc) is 1.86. The molecule has 0 saturated carbocycles. The fraction of sp³-hybridized carbons (Fsp3) is 0.833. The monoisotopic (exact) mass is 208 g/mol. The van der Waals surface area contributed by atoms with Gasteiger partial charge in [0.25, 0.3) is 0 Å². The van der Waals surface area contributed by atoms with E-state index >= 15 is 0 Å². The molecule has 2 unspecified atom stereocenters. The first-order chi connectivity index (χ1) is 4.41. The van der Waals surface area contributed by atoms with Crippen LogP contribution >= 0.6 is 15.9 Å². The number of rotatable bonds is 3. The summed E-state index contributed by atoms with van der Waals surface area (Å²) in [7, 11) is 1.69. The van der Waals surface area contributed by atoms with Crippen molar-refractivity contribution in [1.82, 2.24) is 0 Å². The third-order valence-electron chi connectivity index (χ3n) is 1.54. The van der Waals surface area contributed by atoms with Crippen molar-refractivity contribution in [3.05, 3.63) is 0 Å². The normalized spacial score (nSPS) is 19.6. The molecule has 0 aromatic carbocycles. The molecule has 2 atom stereocenters. The van der Waals surface area contributed by atoms with Crippen molar-refractivity contribution in [3.63, 3.8) is 0 Å². The van der Waals surface area contributed by atoms with Crippen LogP contribution in [0.15, 0.2) is 0 Å². The number of alkyl halides is 2. The van der Waals surface area contributed by atoms with Crippen molar-refractivity contribution in [2.45, 2.75) is 30.7 Å². The van der Waals surface area contributed by atoms with E-state index in [2.05, 4.69) is 15.9 Å². The number of hydrogen-bond donors (Lipinski definition) is 0. The van der Waals surface area contributed by atoms with E-state index in [1.165, 1.54) is 6.92 Å². The van der Waals surface area contributed by atoms with Crippen LogP contribution in [0.1, 0.15) is 20.3 Å². The Morgan fingerprint density at radius 1 is 1.90 bits per heavy atom. The summed E-state index contributed by atoms with van der Waals surface area (Å²) < 4.78 is 11.7. The molecule has 0 aliphatic heterocycles. The van der Waals surface area contributed by atoms with E-state index in [4.69, 9.17) is 0 Å². The van der Waals surface area contributed by atoms with Gasteiger partial charge >= 0.3 is 0 Å². The molecule has 0 saturated heterocycles. The van der Waals surface area contributed by atoms with Crippen LogP contribution in [-0.4, -0.2) is 24.0 Å². The molecule has 58 valence electrons. The molecule has 0 bridgehead atoms. The van der Waals surface area contributed by atoms with Crippen LogP contribution in [0.2, 0.25) is 0 Å². The van der Waals surface area contributed by atoms with Gasteiger partial charge in [-0.25, -0.2) is 4.39 Å². The largest absolute Gasteiger partial charge is 0.296 e. The lowest BCUT2D eigenvalue weighted by Crippen LogP contribution is -2.36. The lowest BCUT2D eigenvalue weighted by Gasteiger charge is -2.18. The first kappa shape index (κ1) is 10.1. The minimum absolute atomic E-state index is 0.380. The topological polar surface area (TPSA) is 17.1 Å². The number of halogens is 2. The molecule has 0 heterocycles. The Morgan fingerprint density at radius 3 is 2.40 bits per heavy atom. The SMILES string of the molecule is BC(Br)(CC)C(=O)C(C)F. The summed E-state index contributed by atoms with van der Waals surface area (Å²) in [6, 6.07) is 0. The van der Waals surface area contributed by atoms with Crippen molar-refractivity contribution < 1.29 is 9.18 Å². The fourth-order valence-corrected chi connectivity index (χ4v) is 0.904. The predicted octanol–water partition coefficient (Wildman–Crippen LogP) is 1.05. The van der Waals surface area contributed by atoms with Crippen LogP contribution in [-0.2, 0) is 4.79 Å². The van der Waals surface area contributed by atoms with E-state index in [1.54, 1.807) is 7.85 Å². The zero-order valence-corrected chi connectivity index (χ0v) is 8.03. The molecule has 1 nitrogen and oxygen atoms in total. The molecule has 0 amide bonds. The van der Waals surface area contributed by atoms with Gasteiger partial charge in [0, 0.05) is 0 Å². The van der Waals surface area contributed by atoms with Crippen LogP contribution in [0.4, 0.5) is 4.39 Å². The second-order valence-electron chi connectivity index (χ2n) is 2.53. The number of carbonyl (C=O) groups is 1. The average molecular weight is 209 g/mol. The Bertz CT molecular complexity index is 136. The summed E-state index contributed by atoms with van der Waals surface area (Å²) in [4.78, 5) is 11.0. The highest BCUT2D eigenvalue weighted by molar-refractivity contribution is 9.10. The van der Waals surface area contributed by atoms with Crippen LogP contribution in [0.5, 0.6) is 0 Å². The van der Waals surface area contributed by atoms with Gasteiger partial charge < -0.3 is 0 Å². The maximum atomic E-state index is 12.4. The van der Waals surface area contributed by atoms with Gasteiger partial charge in [0.2, 0.25) is 0 Å². The predicted molar refractivity (Wildman–Crippen MR) is 46.1 cm³/mol. The van der Waals surface area contributed by atoms with Gasteiger partial charge in [-0.2, -0.15) is 0 Å². The summed E-state index contributed by atoms with van der Waals surface area (Å²) in [5, 5.41) is 0. The summed E-state index contributed by atoms with van der Waals surface area (Å²) >= 11 is 3.16. The maximum Gasteiger partial charge on any atom is 0.174 e. The second-order valence-corrected chi connectivity index (χ2v) is 4.28. The molecule has 4 heteroatoms. The molecule has 0 aliphatic rings. The molecule has 0 aromatic heterocycles. The minimum atomic E-state index is -1.37. The van der Waals surface area contributed by atoms with Crippen molar-refractivity contribution in [3.8, 4) is 0 Å². The van der Waals surface area contributed by atoms with Gasteiger partial charge in [0.05, 0.1) is 4.22 Å². The Balaban J connectivity index is 4.19. The summed E-state index contributed by atoms with van der Waals surface area (Å²) in [6.45, 7) is 3.10. The maximum absolute atomic E-state index is 12.4. The molecule has 0 aromatic rings. The number of ketones is 1. The van der Waals surface area contributed by atoms with Crippen molar-refractivity contribution >= 4 is 29.6 Å². The van der Waals surface area contributed by atoms with E-state index in [9.17, 15) is 9.18 Å². The first-order valence-electron chi connectivity index (χ1n) is 3.29. The quantitative estimate of drug-likeness (QED) is 0.501. The van der Waals surface area contributed by atoms with E-state index in [-0.39, 0.29) is 5.78 Å². The van der Waals surface area contributed by atoms with E-state index in [0.29, 0.717) is 6.42 Å². The van der Waals surface area contributed by atoms with Gasteiger partial charge in [0.1, 0.15) is 7.85 Å². The van der Waals surface area contributed by atoms with Gasteiger partial charge in [-0.15, -0.1) is 0 Å². The van der Waals surface area contributed by atoms with Crippen molar-refractivity contribution in [1.29, 1.82) is 0 Å². The minimum Gasteiger partial charge on any atom is -0.296 e. The van der Waals surface area contributed by atoms with Gasteiger partial charge in [-0.3, -0.25) is 4.79 Å². The molecule has 10 heavy (non-hydrogen) atoms. The van der Waals surface area contributed by atoms with Crippen LogP contribution in [0.3, 0.4) is 0 Å². The lowest BCUT2D eigenvalue weighted by molar-refractivity contribution is -0.123. The van der Waals surface area contributed by atoms with E-state index in [0.717, 1.165) is 0 Å². The molecule has 0 radical (unpaired) electrons. The summed E-state index contributed by atoms with van der Waals surface area (Å²) in [5.41, 5.74) is 0. The standard InChI is InChI=1S/C6H11BBrFO/c1-3-6(7,8)5(10)4(2)9/h4H,3,7H2,1-2H3. The van der Waals surface area contributed by atoms with Gasteiger partial charge in [0.15, 0.2) is 12.0 Å². The number of Topliss-reactive ketones (excluding diaryl/α,β-unsaturated/α-hetero) is 1. The Labute approximate surface area is 69.9 Å². The zero-order chi connectivity index (χ0) is 8.36. The third-order valence-corrected chi connectivity index (χ3v) is 2.49. The molecular weight excluding hydrogens is 198 g/mol. The number of hydrogen-bond acceptors (Lipinski definition) is 1. The second kappa shape index (κ2) is 3.51. The van der Waals surface area contributed by atoms with Crippen molar-refractivity contribution in [2.24, 2.45) is 0 Å². The smallest absolute Gasteiger partial charge is 0.174 e. The molecule has 0 spiro atoms. The first-order valence-corrected chi connectivity index (χ1v) is 4.08. The van der Waals surface area contributed by atoms with Crippen LogP contribution in [0, 0.1) is 0 Å². The highest BCUT2D eigenvalue weighted by Gasteiger charge is 2.31. The Hall–Kier alpha value is 0.145. The van der Waals surface area contributed by atoms with E-state index < -0.39 is 10.4 Å². The third kappa shape index (κ3) is 2.41. The van der Waals surface area contributed by atoms with Crippen LogP contribution in [0.25, 0.3) is 0 Å². The van der Waals surface area contributed by atoms with Crippen molar-refractivity contribution in [2.75, 3.05) is 0 Å². The highest BCUT2D eigenvalue weighted by Crippen LogP contribution is 2.21. The van der Waals surface area contributed by atoms with Crippen LogP contribution < -0.4 is 0 Å². The lowest BCUT2D eigenvalue weighted by atomic mass is 9.80. The molecule has 0 rings (SSSR count). The molecular formula is C6H11BBrFO. The molecule has 0 aliphatic carbocycles. The van der Waals surface area contributed by atoms with Gasteiger partial charge in [-0.1, -0.05) is 22.9 Å². The fourth-order valence-electron chi connectivity index (χ4n) is 0.589. The highest BCUT2D eigenvalue weighted by atomic mass is 79.9. The molecule has 0 fully saturated rings. The summed E-state index contributed by atoms with van der Waals surface area (Å²) in [5.74, 6) is -0.380. The van der Waals surface area contributed by atoms with E-state index in [1.807, 2.05) is 6.92 Å². The number of carbonyl (C=O) groups excluding carboxylic acids is 1. The van der Waals surface area contributed by atoms with Gasteiger partial charge in [-0.05, 0) is 13.3 Å². The Kier molecular flexibility index (Phi) is 3.56.